The van der Waals surface area contributed by atoms with Crippen LogP contribution in [0, 0.1) is 6.92 Å². The summed E-state index contributed by atoms with van der Waals surface area (Å²) in [7, 11) is 0. The van der Waals surface area contributed by atoms with Crippen molar-refractivity contribution < 1.29 is 14.3 Å². The second-order valence-electron chi connectivity index (χ2n) is 6.41. The third-order valence-electron chi connectivity index (χ3n) is 3.90. The number of carbonyl (C=O) groups is 1. The van der Waals surface area contributed by atoms with Gasteiger partial charge in [0.2, 0.25) is 0 Å². The van der Waals surface area contributed by atoms with E-state index < -0.39 is 6.10 Å². The molecule has 0 saturated heterocycles. The second-order valence-corrected chi connectivity index (χ2v) is 6.41. The normalized spacial score (nSPS) is 11.9. The Morgan fingerprint density at radius 3 is 2.40 bits per heavy atom. The molecule has 1 atom stereocenters. The fourth-order valence-corrected chi connectivity index (χ4v) is 2.43. The molecule has 0 saturated carbocycles. The first kappa shape index (κ1) is 18.8. The molecule has 0 bridgehead atoms. The summed E-state index contributed by atoms with van der Waals surface area (Å²) in [4.78, 5) is 12.2. The van der Waals surface area contributed by atoms with E-state index in [4.69, 9.17) is 9.47 Å². The molecule has 0 heterocycles. The Morgan fingerprint density at radius 1 is 1.04 bits per heavy atom. The van der Waals surface area contributed by atoms with Gasteiger partial charge in [-0.2, -0.15) is 0 Å². The zero-order valence-corrected chi connectivity index (χ0v) is 15.4. The van der Waals surface area contributed by atoms with Crippen LogP contribution in [0.1, 0.15) is 37.8 Å². The molecule has 0 spiro atoms. The Bertz CT molecular complexity index is 680. The lowest BCUT2D eigenvalue weighted by Crippen LogP contribution is -2.38. The van der Waals surface area contributed by atoms with Crippen LogP contribution in [0.3, 0.4) is 0 Å². The maximum absolute atomic E-state index is 12.2. The van der Waals surface area contributed by atoms with Crippen molar-refractivity contribution in [2.75, 3.05) is 13.2 Å². The van der Waals surface area contributed by atoms with E-state index in [9.17, 15) is 4.79 Å². The number of carbonyl (C=O) groups excluding carboxylic acids is 1. The molecule has 4 nitrogen and oxygen atoms in total. The largest absolute Gasteiger partial charge is 0.492 e. The molecule has 0 aliphatic heterocycles. The molecule has 25 heavy (non-hydrogen) atoms. The number of hydrogen-bond acceptors (Lipinski definition) is 3. The molecule has 0 fully saturated rings. The first-order valence-corrected chi connectivity index (χ1v) is 8.70. The van der Waals surface area contributed by atoms with Gasteiger partial charge in [0.25, 0.3) is 5.91 Å². The molecule has 1 amide bonds. The van der Waals surface area contributed by atoms with E-state index in [1.807, 2.05) is 55.5 Å². The Kier molecular flexibility index (Phi) is 6.87. The lowest BCUT2D eigenvalue weighted by atomic mass is 10.0. The second kappa shape index (κ2) is 9.11. The number of aryl methyl sites for hydroxylation is 1. The summed E-state index contributed by atoms with van der Waals surface area (Å²) in [6, 6.07) is 15.7. The van der Waals surface area contributed by atoms with Crippen molar-refractivity contribution in [3.63, 3.8) is 0 Å². The highest BCUT2D eigenvalue weighted by Gasteiger charge is 2.16. The molecule has 134 valence electrons. The van der Waals surface area contributed by atoms with Gasteiger partial charge < -0.3 is 14.8 Å². The lowest BCUT2D eigenvalue weighted by Gasteiger charge is -2.18. The van der Waals surface area contributed by atoms with Gasteiger partial charge in [-0.05, 0) is 43.5 Å². The third kappa shape index (κ3) is 5.82. The summed E-state index contributed by atoms with van der Waals surface area (Å²) in [5.74, 6) is 1.76. The minimum atomic E-state index is -0.556. The number of benzene rings is 2. The van der Waals surface area contributed by atoms with E-state index in [1.165, 1.54) is 5.56 Å². The lowest BCUT2D eigenvalue weighted by molar-refractivity contribution is -0.127. The molecule has 1 N–H and O–H groups in total. The van der Waals surface area contributed by atoms with Gasteiger partial charge >= 0.3 is 0 Å². The predicted octanol–water partition coefficient (Wildman–Crippen LogP) is 4.08. The highest BCUT2D eigenvalue weighted by molar-refractivity contribution is 5.80. The monoisotopic (exact) mass is 341 g/mol. The minimum absolute atomic E-state index is 0.147. The van der Waals surface area contributed by atoms with Gasteiger partial charge in [0.15, 0.2) is 6.10 Å². The number of nitrogens with one attached hydrogen (secondary N) is 1. The van der Waals surface area contributed by atoms with Gasteiger partial charge in [0.1, 0.15) is 18.1 Å². The topological polar surface area (TPSA) is 47.6 Å². The quantitative estimate of drug-likeness (QED) is 0.736. The molecule has 2 aromatic carbocycles. The summed E-state index contributed by atoms with van der Waals surface area (Å²) >= 11 is 0. The maximum Gasteiger partial charge on any atom is 0.260 e. The Labute approximate surface area is 150 Å². The van der Waals surface area contributed by atoms with Crippen LogP contribution in [0.2, 0.25) is 0 Å². The first-order valence-electron chi connectivity index (χ1n) is 8.70. The average Bonchev–Trinajstić information content (AvgIpc) is 2.60. The number of para-hydroxylation sites is 1. The van der Waals surface area contributed by atoms with Gasteiger partial charge in [-0.25, -0.2) is 0 Å². The third-order valence-corrected chi connectivity index (χ3v) is 3.90. The van der Waals surface area contributed by atoms with Crippen LogP contribution in [0.4, 0.5) is 0 Å². The fraction of sp³-hybridized carbons (Fsp3) is 0.381. The van der Waals surface area contributed by atoms with E-state index >= 15 is 0 Å². The molecule has 2 rings (SSSR count). The summed E-state index contributed by atoms with van der Waals surface area (Å²) in [6.45, 7) is 8.86. The first-order chi connectivity index (χ1) is 12.0. The van der Waals surface area contributed by atoms with Gasteiger partial charge in [-0.1, -0.05) is 49.7 Å². The average molecular weight is 341 g/mol. The number of hydrogen-bond donors (Lipinski definition) is 1. The van der Waals surface area contributed by atoms with Crippen LogP contribution >= 0.6 is 0 Å². The Balaban J connectivity index is 1.78. The number of rotatable bonds is 8. The van der Waals surface area contributed by atoms with Crippen molar-refractivity contribution in [1.29, 1.82) is 0 Å². The molecule has 0 radical (unpaired) electrons. The predicted molar refractivity (Wildman–Crippen MR) is 100 cm³/mol. The van der Waals surface area contributed by atoms with Crippen molar-refractivity contribution in [1.82, 2.24) is 5.32 Å². The SMILES string of the molecule is Cc1ccc(OCCNC(=O)[C@@H](C)Oc2ccccc2C(C)C)cc1. The molecule has 0 unspecified atom stereocenters. The highest BCUT2D eigenvalue weighted by Crippen LogP contribution is 2.26. The molecule has 0 aromatic heterocycles. The van der Waals surface area contributed by atoms with Crippen LogP contribution in [0.15, 0.2) is 48.5 Å². The van der Waals surface area contributed by atoms with Crippen LogP contribution in [0.5, 0.6) is 11.5 Å². The van der Waals surface area contributed by atoms with Crippen molar-refractivity contribution in [2.45, 2.75) is 39.7 Å². The molecular weight excluding hydrogens is 314 g/mol. The van der Waals surface area contributed by atoms with E-state index in [0.717, 1.165) is 17.1 Å². The minimum Gasteiger partial charge on any atom is -0.492 e. The van der Waals surface area contributed by atoms with Crippen LogP contribution in [-0.2, 0) is 4.79 Å². The molecule has 0 aliphatic rings. The summed E-state index contributed by atoms with van der Waals surface area (Å²) < 4.78 is 11.4. The van der Waals surface area contributed by atoms with Crippen molar-refractivity contribution in [3.05, 3.63) is 59.7 Å². The van der Waals surface area contributed by atoms with E-state index in [-0.39, 0.29) is 5.91 Å². The standard InChI is InChI=1S/C21H27NO3/c1-15(2)19-7-5-6-8-20(19)25-17(4)21(23)22-13-14-24-18-11-9-16(3)10-12-18/h5-12,15,17H,13-14H2,1-4H3,(H,22,23)/t17-/m1/s1. The molecule has 2 aromatic rings. The summed E-state index contributed by atoms with van der Waals surface area (Å²) in [5, 5.41) is 2.84. The van der Waals surface area contributed by atoms with Crippen molar-refractivity contribution in [3.8, 4) is 11.5 Å². The summed E-state index contributed by atoms with van der Waals surface area (Å²) in [5.41, 5.74) is 2.29. The van der Waals surface area contributed by atoms with E-state index in [2.05, 4.69) is 19.2 Å². The van der Waals surface area contributed by atoms with E-state index in [0.29, 0.717) is 19.1 Å². The van der Waals surface area contributed by atoms with Crippen molar-refractivity contribution >= 4 is 5.91 Å². The zero-order chi connectivity index (χ0) is 18.2. The Hall–Kier alpha value is -2.49. The van der Waals surface area contributed by atoms with Gasteiger partial charge in [-0.15, -0.1) is 0 Å². The fourth-order valence-electron chi connectivity index (χ4n) is 2.43. The van der Waals surface area contributed by atoms with Crippen LogP contribution in [0.25, 0.3) is 0 Å². The number of ether oxygens (including phenoxy) is 2. The van der Waals surface area contributed by atoms with Crippen LogP contribution in [-0.4, -0.2) is 25.2 Å². The maximum atomic E-state index is 12.2. The summed E-state index contributed by atoms with van der Waals surface area (Å²) in [6.07, 6.45) is -0.556. The van der Waals surface area contributed by atoms with Gasteiger partial charge in [0.05, 0.1) is 6.54 Å². The van der Waals surface area contributed by atoms with Crippen LogP contribution < -0.4 is 14.8 Å². The van der Waals surface area contributed by atoms with Gasteiger partial charge in [0, 0.05) is 0 Å². The highest BCUT2D eigenvalue weighted by atomic mass is 16.5. The molecule has 4 heteroatoms. The molecule has 0 aliphatic carbocycles. The van der Waals surface area contributed by atoms with Crippen molar-refractivity contribution in [2.24, 2.45) is 0 Å². The molecular formula is C21H27NO3. The van der Waals surface area contributed by atoms with Gasteiger partial charge in [-0.3, -0.25) is 4.79 Å². The smallest absolute Gasteiger partial charge is 0.260 e. The zero-order valence-electron chi connectivity index (χ0n) is 15.4. The number of amides is 1. The Morgan fingerprint density at radius 2 is 1.72 bits per heavy atom. The van der Waals surface area contributed by atoms with E-state index in [1.54, 1.807) is 6.92 Å².